The van der Waals surface area contributed by atoms with Gasteiger partial charge >= 0.3 is 0 Å². The molecule has 18 heavy (non-hydrogen) atoms. The summed E-state index contributed by atoms with van der Waals surface area (Å²) in [5, 5.41) is 11.6. The number of carbonyl (C=O) groups excluding carboxylic acids is 1. The maximum Gasteiger partial charge on any atom is 0.262 e. The van der Waals surface area contributed by atoms with E-state index in [1.807, 2.05) is 38.1 Å². The Balaban J connectivity index is 3.04. The van der Waals surface area contributed by atoms with Crippen LogP contribution in [0.25, 0.3) is 6.08 Å². The Bertz CT molecular complexity index is 536. The minimum Gasteiger partial charge on any atom is -0.348 e. The van der Waals surface area contributed by atoms with Gasteiger partial charge in [-0.3, -0.25) is 4.79 Å². The van der Waals surface area contributed by atoms with Crippen molar-refractivity contribution in [3.8, 4) is 6.07 Å². The van der Waals surface area contributed by atoms with Crippen molar-refractivity contribution in [3.05, 3.63) is 53.1 Å². The molecule has 0 fully saturated rings. The van der Waals surface area contributed by atoms with Crippen molar-refractivity contribution in [3.63, 3.8) is 0 Å². The van der Waals surface area contributed by atoms with Crippen LogP contribution in [0.3, 0.4) is 0 Å². The van der Waals surface area contributed by atoms with Gasteiger partial charge in [0.25, 0.3) is 5.91 Å². The molecule has 1 rings (SSSR count). The maximum absolute atomic E-state index is 11.7. The van der Waals surface area contributed by atoms with Crippen molar-refractivity contribution in [2.24, 2.45) is 0 Å². The van der Waals surface area contributed by atoms with Gasteiger partial charge in [-0.15, -0.1) is 6.58 Å². The number of rotatable bonds is 4. The van der Waals surface area contributed by atoms with Crippen LogP contribution in [0.1, 0.15) is 16.7 Å². The molecular weight excluding hydrogens is 224 g/mol. The Labute approximate surface area is 107 Å². The quantitative estimate of drug-likeness (QED) is 0.499. The minimum atomic E-state index is -0.377. The predicted octanol–water partition coefficient (Wildman–Crippen LogP) is 2.51. The van der Waals surface area contributed by atoms with E-state index in [-0.39, 0.29) is 11.5 Å². The van der Waals surface area contributed by atoms with Crippen LogP contribution >= 0.6 is 0 Å². The molecule has 0 radical (unpaired) electrons. The van der Waals surface area contributed by atoms with Crippen LogP contribution in [0.15, 0.2) is 36.4 Å². The van der Waals surface area contributed by atoms with E-state index in [0.29, 0.717) is 6.54 Å². The summed E-state index contributed by atoms with van der Waals surface area (Å²) in [6.07, 6.45) is 3.19. The molecule has 92 valence electrons. The summed E-state index contributed by atoms with van der Waals surface area (Å²) in [4.78, 5) is 11.7. The van der Waals surface area contributed by atoms with Crippen LogP contribution in [0.5, 0.6) is 0 Å². The maximum atomic E-state index is 11.7. The summed E-state index contributed by atoms with van der Waals surface area (Å²) in [6.45, 7) is 7.78. The van der Waals surface area contributed by atoms with Crippen LogP contribution in [-0.2, 0) is 4.79 Å². The molecule has 1 amide bonds. The van der Waals surface area contributed by atoms with E-state index in [0.717, 1.165) is 16.7 Å². The molecule has 0 aliphatic heterocycles. The van der Waals surface area contributed by atoms with Gasteiger partial charge < -0.3 is 5.32 Å². The Morgan fingerprint density at radius 1 is 1.50 bits per heavy atom. The van der Waals surface area contributed by atoms with E-state index < -0.39 is 0 Å². The summed E-state index contributed by atoms with van der Waals surface area (Å²) in [5.41, 5.74) is 3.12. The third-order valence-electron chi connectivity index (χ3n) is 2.51. The zero-order valence-corrected chi connectivity index (χ0v) is 10.7. The average Bonchev–Trinajstić information content (AvgIpc) is 2.36. The average molecular weight is 240 g/mol. The van der Waals surface area contributed by atoms with Crippen molar-refractivity contribution in [1.29, 1.82) is 5.26 Å². The van der Waals surface area contributed by atoms with Crippen LogP contribution in [0.2, 0.25) is 0 Å². The third kappa shape index (κ3) is 3.60. The van der Waals surface area contributed by atoms with Crippen LogP contribution in [0.4, 0.5) is 0 Å². The van der Waals surface area contributed by atoms with Gasteiger partial charge in [0, 0.05) is 6.54 Å². The Morgan fingerprint density at radius 2 is 2.22 bits per heavy atom. The molecule has 1 N–H and O–H groups in total. The number of nitrogens with zero attached hydrogens (tertiary/aromatic N) is 1. The van der Waals surface area contributed by atoms with E-state index >= 15 is 0 Å². The number of nitrogens with one attached hydrogen (secondary N) is 1. The molecule has 1 aromatic rings. The smallest absolute Gasteiger partial charge is 0.262 e. The summed E-state index contributed by atoms with van der Waals surface area (Å²) in [7, 11) is 0. The number of hydrogen-bond acceptors (Lipinski definition) is 2. The van der Waals surface area contributed by atoms with Crippen molar-refractivity contribution in [1.82, 2.24) is 5.32 Å². The van der Waals surface area contributed by atoms with Crippen LogP contribution < -0.4 is 5.32 Å². The van der Waals surface area contributed by atoms with Crippen molar-refractivity contribution >= 4 is 12.0 Å². The lowest BCUT2D eigenvalue weighted by Gasteiger charge is -2.04. The molecule has 0 saturated carbocycles. The normalized spacial score (nSPS) is 10.6. The van der Waals surface area contributed by atoms with Gasteiger partial charge in [-0.05, 0) is 31.1 Å². The number of benzene rings is 1. The molecule has 3 nitrogen and oxygen atoms in total. The molecule has 0 aliphatic rings. The molecule has 0 aromatic heterocycles. The molecule has 0 saturated heterocycles. The fraction of sp³-hybridized carbons (Fsp3) is 0.200. The number of amides is 1. The fourth-order valence-electron chi connectivity index (χ4n) is 1.48. The third-order valence-corrected chi connectivity index (χ3v) is 2.51. The standard InChI is InChI=1S/C15H16N2O/c1-4-7-17-15(18)14(10-16)9-13-8-11(2)5-6-12(13)3/h4-6,8-9H,1,7H2,2-3H3,(H,17,18)/b14-9+. The molecule has 0 heterocycles. The molecule has 0 unspecified atom stereocenters. The first-order valence-corrected chi connectivity index (χ1v) is 5.66. The van der Waals surface area contributed by atoms with Gasteiger partial charge in [0.15, 0.2) is 0 Å². The second kappa shape index (κ2) is 6.41. The predicted molar refractivity (Wildman–Crippen MR) is 72.7 cm³/mol. The molecular formula is C15H16N2O. The molecule has 1 aromatic carbocycles. The van der Waals surface area contributed by atoms with Gasteiger partial charge in [0.05, 0.1) is 0 Å². The fourth-order valence-corrected chi connectivity index (χ4v) is 1.48. The van der Waals surface area contributed by atoms with Gasteiger partial charge in [-0.2, -0.15) is 5.26 Å². The van der Waals surface area contributed by atoms with Crippen molar-refractivity contribution in [2.75, 3.05) is 6.54 Å². The van der Waals surface area contributed by atoms with E-state index in [1.165, 1.54) is 0 Å². The lowest BCUT2D eigenvalue weighted by molar-refractivity contribution is -0.116. The number of aryl methyl sites for hydroxylation is 2. The highest BCUT2D eigenvalue weighted by Crippen LogP contribution is 2.14. The van der Waals surface area contributed by atoms with E-state index in [2.05, 4.69) is 11.9 Å². The second-order valence-corrected chi connectivity index (χ2v) is 4.03. The van der Waals surface area contributed by atoms with E-state index in [1.54, 1.807) is 12.2 Å². The van der Waals surface area contributed by atoms with Gasteiger partial charge in [0.1, 0.15) is 11.6 Å². The lowest BCUT2D eigenvalue weighted by atomic mass is 10.0. The summed E-state index contributed by atoms with van der Waals surface area (Å²) in [6, 6.07) is 7.84. The molecule has 0 atom stereocenters. The van der Waals surface area contributed by atoms with Crippen molar-refractivity contribution < 1.29 is 4.79 Å². The minimum absolute atomic E-state index is 0.102. The van der Waals surface area contributed by atoms with Crippen molar-refractivity contribution in [2.45, 2.75) is 13.8 Å². The highest BCUT2D eigenvalue weighted by molar-refractivity contribution is 6.01. The monoisotopic (exact) mass is 240 g/mol. The largest absolute Gasteiger partial charge is 0.348 e. The van der Waals surface area contributed by atoms with Crippen LogP contribution in [-0.4, -0.2) is 12.5 Å². The van der Waals surface area contributed by atoms with E-state index in [4.69, 9.17) is 5.26 Å². The zero-order valence-electron chi connectivity index (χ0n) is 10.7. The molecule has 0 spiro atoms. The molecule has 0 aliphatic carbocycles. The number of nitriles is 1. The summed E-state index contributed by atoms with van der Waals surface area (Å²) < 4.78 is 0. The first-order valence-electron chi connectivity index (χ1n) is 5.66. The molecule has 0 bridgehead atoms. The number of carbonyl (C=O) groups is 1. The SMILES string of the molecule is C=CCNC(=O)/C(C#N)=C/c1cc(C)ccc1C. The van der Waals surface area contributed by atoms with E-state index in [9.17, 15) is 4.79 Å². The van der Waals surface area contributed by atoms with Crippen LogP contribution in [0, 0.1) is 25.2 Å². The van der Waals surface area contributed by atoms with Gasteiger partial charge in [-0.1, -0.05) is 29.8 Å². The number of hydrogen-bond donors (Lipinski definition) is 1. The summed E-state index contributed by atoms with van der Waals surface area (Å²) >= 11 is 0. The Kier molecular flexibility index (Phi) is 4.89. The lowest BCUT2D eigenvalue weighted by Crippen LogP contribution is -2.24. The van der Waals surface area contributed by atoms with Gasteiger partial charge in [-0.25, -0.2) is 0 Å². The summed E-state index contributed by atoms with van der Waals surface area (Å²) in [5.74, 6) is -0.377. The van der Waals surface area contributed by atoms with Gasteiger partial charge in [0.2, 0.25) is 0 Å². The Morgan fingerprint density at radius 3 is 2.83 bits per heavy atom. The highest BCUT2D eigenvalue weighted by Gasteiger charge is 2.08. The molecule has 3 heteroatoms. The second-order valence-electron chi connectivity index (χ2n) is 4.03. The first kappa shape index (κ1) is 13.7. The highest BCUT2D eigenvalue weighted by atomic mass is 16.1. The first-order chi connectivity index (χ1) is 8.58. The topological polar surface area (TPSA) is 52.9 Å². The Hall–Kier alpha value is -2.34. The zero-order chi connectivity index (χ0) is 13.5.